The van der Waals surface area contributed by atoms with E-state index < -0.39 is 11.9 Å². The summed E-state index contributed by atoms with van der Waals surface area (Å²) in [6, 6.07) is 7.92. The predicted molar refractivity (Wildman–Crippen MR) is 46.8 cm³/mol. The average Bonchev–Trinajstić information content (AvgIpc) is 2.09. The molecule has 4 nitrogen and oxygen atoms in total. The van der Waals surface area contributed by atoms with Crippen molar-refractivity contribution in [3.05, 3.63) is 29.8 Å². The van der Waals surface area contributed by atoms with Crippen LogP contribution in [0.25, 0.3) is 0 Å². The third kappa shape index (κ3) is 1.97. The first-order valence-corrected chi connectivity index (χ1v) is 3.63. The Kier molecular flexibility index (Phi) is 2.50. The minimum absolute atomic E-state index is 0.448. The van der Waals surface area contributed by atoms with Gasteiger partial charge in [0.2, 0.25) is 0 Å². The van der Waals surface area contributed by atoms with Crippen LogP contribution in [-0.4, -0.2) is 11.1 Å². The first-order valence-electron chi connectivity index (χ1n) is 3.63. The third-order valence-corrected chi connectivity index (χ3v) is 1.65. The summed E-state index contributed by atoms with van der Waals surface area (Å²) in [5.41, 5.74) is 6.41. The van der Waals surface area contributed by atoms with Crippen molar-refractivity contribution in [3.63, 3.8) is 0 Å². The first kappa shape index (κ1) is 9.07. The molecule has 4 heteroatoms. The van der Waals surface area contributed by atoms with Gasteiger partial charge in [-0.05, 0) is 17.7 Å². The molecule has 0 aliphatic rings. The van der Waals surface area contributed by atoms with Crippen LogP contribution >= 0.6 is 0 Å². The molecule has 0 heterocycles. The van der Waals surface area contributed by atoms with Crippen LogP contribution < -0.4 is 5.73 Å². The standard InChI is InChI=1S/C9H8N2O2/c10-5-8(9(12)13)6-1-3-7(11)4-2-6/h1-4,8H,11H2,(H,12,13). The highest BCUT2D eigenvalue weighted by Crippen LogP contribution is 2.16. The molecule has 0 aromatic heterocycles. The topological polar surface area (TPSA) is 87.1 Å². The maximum absolute atomic E-state index is 10.6. The lowest BCUT2D eigenvalue weighted by molar-refractivity contribution is -0.137. The van der Waals surface area contributed by atoms with E-state index in [-0.39, 0.29) is 0 Å². The molecule has 3 N–H and O–H groups in total. The number of hydrogen-bond donors (Lipinski definition) is 2. The van der Waals surface area contributed by atoms with E-state index in [2.05, 4.69) is 0 Å². The summed E-state index contributed by atoms with van der Waals surface area (Å²) in [6.07, 6.45) is 0. The number of nitrogens with zero attached hydrogens (tertiary/aromatic N) is 1. The molecule has 66 valence electrons. The maximum Gasteiger partial charge on any atom is 0.325 e. The zero-order valence-electron chi connectivity index (χ0n) is 6.77. The van der Waals surface area contributed by atoms with Gasteiger partial charge in [0, 0.05) is 5.69 Å². The number of carbonyl (C=O) groups is 1. The van der Waals surface area contributed by atoms with E-state index in [9.17, 15) is 4.79 Å². The van der Waals surface area contributed by atoms with E-state index in [1.165, 1.54) is 12.1 Å². The van der Waals surface area contributed by atoms with Crippen molar-refractivity contribution < 1.29 is 9.90 Å². The number of nitrogens with two attached hydrogens (primary N) is 1. The molecule has 0 saturated carbocycles. The van der Waals surface area contributed by atoms with Crippen LogP contribution in [0, 0.1) is 11.3 Å². The number of rotatable bonds is 2. The second kappa shape index (κ2) is 3.59. The Balaban J connectivity index is 3.01. The lowest BCUT2D eigenvalue weighted by Crippen LogP contribution is -2.09. The Labute approximate surface area is 75.2 Å². The van der Waals surface area contributed by atoms with Gasteiger partial charge >= 0.3 is 5.97 Å². The molecule has 13 heavy (non-hydrogen) atoms. The summed E-state index contributed by atoms with van der Waals surface area (Å²) in [7, 11) is 0. The van der Waals surface area contributed by atoms with E-state index >= 15 is 0 Å². The van der Waals surface area contributed by atoms with Crippen molar-refractivity contribution in [1.82, 2.24) is 0 Å². The van der Waals surface area contributed by atoms with Gasteiger partial charge in [0.05, 0.1) is 6.07 Å². The molecule has 0 saturated heterocycles. The molecule has 0 aliphatic heterocycles. The van der Waals surface area contributed by atoms with Crippen molar-refractivity contribution in [2.45, 2.75) is 5.92 Å². The van der Waals surface area contributed by atoms with Crippen LogP contribution in [0.4, 0.5) is 5.69 Å². The van der Waals surface area contributed by atoms with Crippen LogP contribution in [0.1, 0.15) is 11.5 Å². The normalized spacial score (nSPS) is 11.6. The molecule has 1 atom stereocenters. The second-order valence-electron chi connectivity index (χ2n) is 2.57. The Morgan fingerprint density at radius 2 is 2.00 bits per heavy atom. The summed E-state index contributed by atoms with van der Waals surface area (Å²) >= 11 is 0. The number of aliphatic carboxylic acids is 1. The highest BCUT2D eigenvalue weighted by atomic mass is 16.4. The molecule has 0 fully saturated rings. The lowest BCUT2D eigenvalue weighted by Gasteiger charge is -2.03. The van der Waals surface area contributed by atoms with Gasteiger partial charge in [0.1, 0.15) is 0 Å². The minimum atomic E-state index is -1.15. The maximum atomic E-state index is 10.6. The number of hydrogen-bond acceptors (Lipinski definition) is 3. The van der Waals surface area contributed by atoms with Crippen molar-refractivity contribution in [2.24, 2.45) is 0 Å². The van der Waals surface area contributed by atoms with Crippen LogP contribution in [0.3, 0.4) is 0 Å². The smallest absolute Gasteiger partial charge is 0.325 e. The van der Waals surface area contributed by atoms with E-state index in [0.29, 0.717) is 11.3 Å². The van der Waals surface area contributed by atoms with E-state index in [1.807, 2.05) is 0 Å². The monoisotopic (exact) mass is 176 g/mol. The van der Waals surface area contributed by atoms with Crippen molar-refractivity contribution in [2.75, 3.05) is 5.73 Å². The lowest BCUT2D eigenvalue weighted by atomic mass is 10.0. The van der Waals surface area contributed by atoms with Gasteiger partial charge in [-0.2, -0.15) is 5.26 Å². The van der Waals surface area contributed by atoms with Gasteiger partial charge in [0.25, 0.3) is 0 Å². The highest BCUT2D eigenvalue weighted by molar-refractivity contribution is 5.79. The van der Waals surface area contributed by atoms with Gasteiger partial charge in [0.15, 0.2) is 5.92 Å². The molecule has 0 aliphatic carbocycles. The number of benzene rings is 1. The number of carboxylic acid groups (broad SMARTS) is 1. The molecular formula is C9H8N2O2. The summed E-state index contributed by atoms with van der Waals surface area (Å²) in [6.45, 7) is 0. The van der Waals surface area contributed by atoms with E-state index in [0.717, 1.165) is 0 Å². The Hall–Kier alpha value is -2.02. The number of nitriles is 1. The Morgan fingerprint density at radius 3 is 2.38 bits per heavy atom. The number of carboxylic acids is 1. The summed E-state index contributed by atoms with van der Waals surface area (Å²) in [4.78, 5) is 10.6. The number of anilines is 1. The van der Waals surface area contributed by atoms with Crippen LogP contribution in [0.15, 0.2) is 24.3 Å². The molecule has 0 radical (unpaired) electrons. The minimum Gasteiger partial charge on any atom is -0.480 e. The zero-order valence-corrected chi connectivity index (χ0v) is 6.77. The SMILES string of the molecule is N#CC(C(=O)O)c1ccc(N)cc1. The van der Waals surface area contributed by atoms with Crippen molar-refractivity contribution in [3.8, 4) is 6.07 Å². The molecule has 1 aromatic carbocycles. The summed E-state index contributed by atoms with van der Waals surface area (Å²) in [5, 5.41) is 17.2. The average molecular weight is 176 g/mol. The first-order chi connectivity index (χ1) is 6.15. The van der Waals surface area contributed by atoms with Gasteiger partial charge in [-0.1, -0.05) is 12.1 Å². The summed E-state index contributed by atoms with van der Waals surface area (Å²) in [5.74, 6) is -2.26. The predicted octanol–water partition coefficient (Wildman–Crippen LogP) is 0.961. The van der Waals surface area contributed by atoms with Crippen LogP contribution in [0.5, 0.6) is 0 Å². The zero-order chi connectivity index (χ0) is 9.84. The molecular weight excluding hydrogens is 168 g/mol. The van der Waals surface area contributed by atoms with Gasteiger partial charge in [-0.15, -0.1) is 0 Å². The van der Waals surface area contributed by atoms with Crippen LogP contribution in [0.2, 0.25) is 0 Å². The second-order valence-corrected chi connectivity index (χ2v) is 2.57. The Morgan fingerprint density at radius 1 is 1.46 bits per heavy atom. The third-order valence-electron chi connectivity index (χ3n) is 1.65. The Bertz CT molecular complexity index is 351. The largest absolute Gasteiger partial charge is 0.480 e. The molecule has 0 bridgehead atoms. The molecule has 1 unspecified atom stereocenters. The number of nitrogen functional groups attached to an aromatic ring is 1. The molecule has 1 aromatic rings. The van der Waals surface area contributed by atoms with Gasteiger partial charge in [-0.3, -0.25) is 4.79 Å². The van der Waals surface area contributed by atoms with Crippen LogP contribution in [-0.2, 0) is 4.79 Å². The fraction of sp³-hybridized carbons (Fsp3) is 0.111. The molecule has 1 rings (SSSR count). The van der Waals surface area contributed by atoms with E-state index in [1.54, 1.807) is 18.2 Å². The van der Waals surface area contributed by atoms with Crippen molar-refractivity contribution >= 4 is 11.7 Å². The van der Waals surface area contributed by atoms with E-state index in [4.69, 9.17) is 16.1 Å². The fourth-order valence-electron chi connectivity index (χ4n) is 0.961. The molecule has 0 amide bonds. The quantitative estimate of drug-likeness (QED) is 0.657. The van der Waals surface area contributed by atoms with Gasteiger partial charge < -0.3 is 10.8 Å². The fourth-order valence-corrected chi connectivity index (χ4v) is 0.961. The van der Waals surface area contributed by atoms with Gasteiger partial charge in [-0.25, -0.2) is 0 Å². The van der Waals surface area contributed by atoms with Crippen molar-refractivity contribution in [1.29, 1.82) is 5.26 Å². The molecule has 0 spiro atoms. The highest BCUT2D eigenvalue weighted by Gasteiger charge is 2.18. The summed E-state index contributed by atoms with van der Waals surface area (Å²) < 4.78 is 0.